The number of thiol groups is 1. The fourth-order valence-electron chi connectivity index (χ4n) is 1.66. The van der Waals surface area contributed by atoms with Gasteiger partial charge in [-0.3, -0.25) is 9.69 Å². The minimum Gasteiger partial charge on any atom is -0.296 e. The lowest BCUT2D eigenvalue weighted by molar-refractivity contribution is -0.117. The molecule has 1 saturated heterocycles. The average molecular weight is 287 g/mol. The maximum Gasteiger partial charge on any atom is 0.229 e. The third kappa shape index (κ3) is 2.34. The molecule has 0 radical (unpaired) electrons. The van der Waals surface area contributed by atoms with Crippen molar-refractivity contribution in [3.05, 3.63) is 22.3 Å². The van der Waals surface area contributed by atoms with Crippen LogP contribution in [0.15, 0.2) is 16.7 Å². The lowest BCUT2D eigenvalue weighted by Gasteiger charge is -2.15. The van der Waals surface area contributed by atoms with Gasteiger partial charge in [-0.2, -0.15) is 12.6 Å². The molecule has 1 fully saturated rings. The first kappa shape index (κ1) is 11.0. The van der Waals surface area contributed by atoms with Crippen molar-refractivity contribution < 1.29 is 4.79 Å². The molecule has 0 N–H and O–H groups in total. The van der Waals surface area contributed by atoms with Crippen LogP contribution in [0.3, 0.4) is 0 Å². The maximum absolute atomic E-state index is 11.6. The Labute approximate surface area is 102 Å². The predicted molar refractivity (Wildman–Crippen MR) is 66.4 cm³/mol. The molecule has 1 aromatic rings. The number of pyridine rings is 1. The van der Waals surface area contributed by atoms with Crippen molar-refractivity contribution in [1.82, 2.24) is 4.98 Å². The summed E-state index contributed by atoms with van der Waals surface area (Å²) in [5.41, 5.74) is 1.09. The van der Waals surface area contributed by atoms with E-state index < -0.39 is 0 Å². The zero-order valence-corrected chi connectivity index (χ0v) is 10.8. The third-order valence-electron chi connectivity index (χ3n) is 2.31. The van der Waals surface area contributed by atoms with Gasteiger partial charge in [0.15, 0.2) is 0 Å². The predicted octanol–water partition coefficient (Wildman–Crippen LogP) is 2.19. The highest BCUT2D eigenvalue weighted by atomic mass is 79.9. The van der Waals surface area contributed by atoms with Crippen LogP contribution in [0, 0.1) is 6.92 Å². The molecule has 1 aliphatic rings. The summed E-state index contributed by atoms with van der Waals surface area (Å²) in [5, 5.41) is 0.124. The molecule has 2 rings (SSSR count). The van der Waals surface area contributed by atoms with Crippen molar-refractivity contribution in [2.75, 3.05) is 11.4 Å². The van der Waals surface area contributed by atoms with Crippen LogP contribution in [0.5, 0.6) is 0 Å². The Kier molecular flexibility index (Phi) is 3.02. The first-order valence-electron chi connectivity index (χ1n) is 4.69. The van der Waals surface area contributed by atoms with Crippen molar-refractivity contribution in [2.45, 2.75) is 18.6 Å². The number of carbonyl (C=O) groups excluding carboxylic acids is 1. The summed E-state index contributed by atoms with van der Waals surface area (Å²) in [6.07, 6.45) is 0.496. The van der Waals surface area contributed by atoms with Crippen molar-refractivity contribution in [3.63, 3.8) is 0 Å². The summed E-state index contributed by atoms with van der Waals surface area (Å²) in [6, 6.07) is 3.83. The Morgan fingerprint density at radius 3 is 2.87 bits per heavy atom. The van der Waals surface area contributed by atoms with E-state index in [-0.39, 0.29) is 11.2 Å². The number of aromatic nitrogens is 1. The molecule has 0 spiro atoms. The molecule has 3 nitrogen and oxygen atoms in total. The molecule has 0 saturated carbocycles. The SMILES string of the molecule is Cc1cc(Br)nc(N2CC(S)CC2=O)c1. The van der Waals surface area contributed by atoms with Crippen molar-refractivity contribution in [3.8, 4) is 0 Å². The summed E-state index contributed by atoms with van der Waals surface area (Å²) in [6.45, 7) is 2.62. The van der Waals surface area contributed by atoms with E-state index in [0.29, 0.717) is 18.8 Å². The number of anilines is 1. The molecule has 1 unspecified atom stereocenters. The molecule has 0 aromatic carbocycles. The number of carbonyl (C=O) groups is 1. The van der Waals surface area contributed by atoms with Gasteiger partial charge >= 0.3 is 0 Å². The maximum atomic E-state index is 11.6. The highest BCUT2D eigenvalue weighted by Gasteiger charge is 2.29. The minimum absolute atomic E-state index is 0.0972. The molecule has 1 amide bonds. The first-order chi connectivity index (χ1) is 7.06. The molecule has 15 heavy (non-hydrogen) atoms. The van der Waals surface area contributed by atoms with Crippen LogP contribution in [-0.4, -0.2) is 22.7 Å². The van der Waals surface area contributed by atoms with E-state index in [4.69, 9.17) is 0 Å². The molecule has 2 heterocycles. The monoisotopic (exact) mass is 286 g/mol. The van der Waals surface area contributed by atoms with Crippen LogP contribution in [0.2, 0.25) is 0 Å². The number of rotatable bonds is 1. The standard InChI is InChI=1S/C10H11BrN2OS/c1-6-2-8(11)12-9(3-6)13-5-7(15)4-10(13)14/h2-3,7,15H,4-5H2,1H3. The number of hydrogen-bond donors (Lipinski definition) is 1. The number of nitrogens with zero attached hydrogens (tertiary/aromatic N) is 2. The smallest absolute Gasteiger partial charge is 0.229 e. The quantitative estimate of drug-likeness (QED) is 0.634. The molecule has 1 aliphatic heterocycles. The van der Waals surface area contributed by atoms with Crippen LogP contribution >= 0.6 is 28.6 Å². The summed E-state index contributed by atoms with van der Waals surface area (Å²) < 4.78 is 0.757. The summed E-state index contributed by atoms with van der Waals surface area (Å²) >= 11 is 7.64. The van der Waals surface area contributed by atoms with Gasteiger partial charge in [0, 0.05) is 18.2 Å². The van der Waals surface area contributed by atoms with Gasteiger partial charge in [-0.05, 0) is 40.5 Å². The topological polar surface area (TPSA) is 33.2 Å². The van der Waals surface area contributed by atoms with Crippen LogP contribution in [0.25, 0.3) is 0 Å². The van der Waals surface area contributed by atoms with Crippen LogP contribution < -0.4 is 4.90 Å². The Morgan fingerprint density at radius 2 is 2.33 bits per heavy atom. The van der Waals surface area contributed by atoms with Gasteiger partial charge in [-0.25, -0.2) is 4.98 Å². The van der Waals surface area contributed by atoms with Gasteiger partial charge in [-0.15, -0.1) is 0 Å². The second-order valence-corrected chi connectivity index (χ2v) is 5.23. The summed E-state index contributed by atoms with van der Waals surface area (Å²) in [5.74, 6) is 0.809. The van der Waals surface area contributed by atoms with Crippen molar-refractivity contribution in [1.29, 1.82) is 0 Å². The molecule has 80 valence electrons. The van der Waals surface area contributed by atoms with E-state index in [1.807, 2.05) is 19.1 Å². The van der Waals surface area contributed by atoms with E-state index in [1.165, 1.54) is 0 Å². The van der Waals surface area contributed by atoms with Crippen LogP contribution in [0.1, 0.15) is 12.0 Å². The van der Waals surface area contributed by atoms with Gasteiger partial charge < -0.3 is 0 Å². The lowest BCUT2D eigenvalue weighted by Crippen LogP contribution is -2.25. The van der Waals surface area contributed by atoms with E-state index in [0.717, 1.165) is 10.2 Å². The van der Waals surface area contributed by atoms with E-state index in [2.05, 4.69) is 33.5 Å². The molecule has 5 heteroatoms. The molecular formula is C10H11BrN2OS. The fraction of sp³-hybridized carbons (Fsp3) is 0.400. The van der Waals surface area contributed by atoms with Crippen molar-refractivity contribution >= 4 is 40.3 Å². The van der Waals surface area contributed by atoms with Gasteiger partial charge in [0.2, 0.25) is 5.91 Å². The highest BCUT2D eigenvalue weighted by Crippen LogP contribution is 2.24. The second kappa shape index (κ2) is 4.14. The van der Waals surface area contributed by atoms with Crippen LogP contribution in [0.4, 0.5) is 5.82 Å². The highest BCUT2D eigenvalue weighted by molar-refractivity contribution is 9.10. The first-order valence-corrected chi connectivity index (χ1v) is 6.00. The van der Waals surface area contributed by atoms with Gasteiger partial charge in [0.05, 0.1) is 0 Å². The Hall–Kier alpha value is -0.550. The Bertz CT molecular complexity index is 390. The molecule has 1 aromatic heterocycles. The third-order valence-corrected chi connectivity index (χ3v) is 3.06. The Morgan fingerprint density at radius 1 is 1.60 bits per heavy atom. The lowest BCUT2D eigenvalue weighted by atomic mass is 10.3. The Balaban J connectivity index is 2.33. The minimum atomic E-state index is 0.0972. The van der Waals surface area contributed by atoms with E-state index in [9.17, 15) is 4.79 Å². The van der Waals surface area contributed by atoms with E-state index >= 15 is 0 Å². The molecule has 1 atom stereocenters. The van der Waals surface area contributed by atoms with Gasteiger partial charge in [0.25, 0.3) is 0 Å². The summed E-state index contributed by atoms with van der Waals surface area (Å²) in [7, 11) is 0. The van der Waals surface area contributed by atoms with E-state index in [1.54, 1.807) is 4.90 Å². The zero-order valence-electron chi connectivity index (χ0n) is 8.27. The summed E-state index contributed by atoms with van der Waals surface area (Å²) in [4.78, 5) is 17.6. The molecule has 0 aliphatic carbocycles. The number of aryl methyl sites for hydroxylation is 1. The fourth-order valence-corrected chi connectivity index (χ4v) is 2.52. The van der Waals surface area contributed by atoms with Gasteiger partial charge in [-0.1, -0.05) is 0 Å². The second-order valence-electron chi connectivity index (χ2n) is 3.69. The number of halogens is 1. The number of amides is 1. The van der Waals surface area contributed by atoms with Crippen LogP contribution in [-0.2, 0) is 4.79 Å². The normalized spacial score (nSPS) is 21.1. The molecular weight excluding hydrogens is 276 g/mol. The zero-order chi connectivity index (χ0) is 11.0. The largest absolute Gasteiger partial charge is 0.296 e. The average Bonchev–Trinajstić information content (AvgIpc) is 2.43. The van der Waals surface area contributed by atoms with Crippen molar-refractivity contribution in [2.24, 2.45) is 0 Å². The number of hydrogen-bond acceptors (Lipinski definition) is 3. The van der Waals surface area contributed by atoms with Gasteiger partial charge in [0.1, 0.15) is 10.4 Å². The molecule has 0 bridgehead atoms.